The number of aliphatic hydroxyl groups excluding tert-OH is 1. The lowest BCUT2D eigenvalue weighted by Gasteiger charge is -2.27. The molecule has 2 aromatic carbocycles. The zero-order valence-electron chi connectivity index (χ0n) is 22.4. The van der Waals surface area contributed by atoms with Gasteiger partial charge in [0.25, 0.3) is 5.91 Å². The SMILES string of the molecule is COc1cc(C2C(C(=O)c3sc(-c4ccccc4)nc3C)=C(O)C(=O)N2Cc2ccccn2)cc(OC)c1OC. The smallest absolute Gasteiger partial charge is 0.290 e. The third-order valence-electron chi connectivity index (χ3n) is 6.63. The molecule has 0 fully saturated rings. The van der Waals surface area contributed by atoms with E-state index in [1.807, 2.05) is 36.4 Å². The number of carbonyl (C=O) groups is 2. The van der Waals surface area contributed by atoms with E-state index in [0.29, 0.717) is 44.1 Å². The van der Waals surface area contributed by atoms with E-state index in [0.717, 1.165) is 5.56 Å². The topological polar surface area (TPSA) is 111 Å². The van der Waals surface area contributed by atoms with Crippen LogP contribution in [0.4, 0.5) is 0 Å². The van der Waals surface area contributed by atoms with Gasteiger partial charge in [-0.3, -0.25) is 14.6 Å². The van der Waals surface area contributed by atoms with Gasteiger partial charge in [0, 0.05) is 11.8 Å². The number of ether oxygens (including phenoxy) is 3. The summed E-state index contributed by atoms with van der Waals surface area (Å²) in [6, 6.07) is 17.3. The summed E-state index contributed by atoms with van der Waals surface area (Å²) in [7, 11) is 4.46. The Labute approximate surface area is 235 Å². The molecule has 10 heteroatoms. The van der Waals surface area contributed by atoms with Gasteiger partial charge >= 0.3 is 0 Å². The number of thiazole rings is 1. The third kappa shape index (κ3) is 4.77. The van der Waals surface area contributed by atoms with Crippen LogP contribution in [0.2, 0.25) is 0 Å². The van der Waals surface area contributed by atoms with Crippen molar-refractivity contribution >= 4 is 23.0 Å². The number of amides is 1. The van der Waals surface area contributed by atoms with Crippen LogP contribution in [0.15, 0.2) is 78.2 Å². The fraction of sp³-hybridized carbons (Fsp3) is 0.200. The first-order chi connectivity index (χ1) is 19.4. The molecule has 1 N–H and O–H groups in total. The quantitative estimate of drug-likeness (QED) is 0.276. The average Bonchev–Trinajstić information content (AvgIpc) is 3.50. The van der Waals surface area contributed by atoms with Crippen LogP contribution in [0, 0.1) is 6.92 Å². The second-order valence-electron chi connectivity index (χ2n) is 9.01. The highest BCUT2D eigenvalue weighted by Gasteiger charge is 2.45. The Morgan fingerprint density at radius 3 is 2.27 bits per heavy atom. The molecule has 0 saturated carbocycles. The molecule has 1 atom stereocenters. The highest BCUT2D eigenvalue weighted by atomic mass is 32.1. The fourth-order valence-corrected chi connectivity index (χ4v) is 5.78. The first-order valence-electron chi connectivity index (χ1n) is 12.4. The molecule has 1 unspecified atom stereocenters. The number of hydrogen-bond acceptors (Lipinski definition) is 9. The lowest BCUT2D eigenvalue weighted by atomic mass is 9.94. The summed E-state index contributed by atoms with van der Waals surface area (Å²) in [5.41, 5.74) is 2.41. The summed E-state index contributed by atoms with van der Waals surface area (Å²) >= 11 is 1.22. The molecule has 0 spiro atoms. The predicted octanol–water partition coefficient (Wildman–Crippen LogP) is 5.32. The highest BCUT2D eigenvalue weighted by molar-refractivity contribution is 7.17. The number of nitrogens with zero attached hydrogens (tertiary/aromatic N) is 3. The molecule has 3 heterocycles. The van der Waals surface area contributed by atoms with Crippen LogP contribution in [0.25, 0.3) is 10.6 Å². The highest BCUT2D eigenvalue weighted by Crippen LogP contribution is 2.46. The molecular formula is C30H27N3O6S. The molecule has 0 bridgehead atoms. The second kappa shape index (κ2) is 11.2. The van der Waals surface area contributed by atoms with Crippen molar-refractivity contribution in [3.05, 3.63) is 100 Å². The van der Waals surface area contributed by atoms with Gasteiger partial charge in [-0.05, 0) is 36.8 Å². The van der Waals surface area contributed by atoms with Crippen LogP contribution in [-0.4, -0.2) is 53.0 Å². The monoisotopic (exact) mass is 557 g/mol. The zero-order chi connectivity index (χ0) is 28.4. The standard InChI is InChI=1S/C30H27N3O6S/c1-17-28(40-29(32-17)18-10-6-5-7-11-18)25(34)23-24(19-14-21(37-2)27(39-4)22(15-19)38-3)33(30(36)26(23)35)16-20-12-8-9-13-31-20/h5-15,24,35H,16H2,1-4H3. The normalized spacial score (nSPS) is 14.9. The number of benzene rings is 2. The molecule has 40 heavy (non-hydrogen) atoms. The van der Waals surface area contributed by atoms with Crippen LogP contribution >= 0.6 is 11.3 Å². The number of ketones is 1. The summed E-state index contributed by atoms with van der Waals surface area (Å²) in [4.78, 5) is 38.4. The molecule has 0 saturated heterocycles. The Morgan fingerprint density at radius 1 is 1.00 bits per heavy atom. The van der Waals surface area contributed by atoms with Crippen LogP contribution in [0.1, 0.15) is 32.7 Å². The van der Waals surface area contributed by atoms with Crippen molar-refractivity contribution in [2.45, 2.75) is 19.5 Å². The zero-order valence-corrected chi connectivity index (χ0v) is 23.2. The maximum Gasteiger partial charge on any atom is 0.290 e. The average molecular weight is 558 g/mol. The summed E-state index contributed by atoms with van der Waals surface area (Å²) in [5, 5.41) is 11.8. The molecule has 4 aromatic rings. The van der Waals surface area contributed by atoms with E-state index in [-0.39, 0.29) is 12.1 Å². The number of aromatic nitrogens is 2. The van der Waals surface area contributed by atoms with Gasteiger partial charge in [-0.15, -0.1) is 11.3 Å². The summed E-state index contributed by atoms with van der Waals surface area (Å²) < 4.78 is 16.6. The van der Waals surface area contributed by atoms with E-state index in [1.54, 1.807) is 37.4 Å². The number of Topliss-reactive ketones (excluding diaryl/α,β-unsaturated/α-hetero) is 1. The van der Waals surface area contributed by atoms with Gasteiger partial charge in [0.2, 0.25) is 11.5 Å². The van der Waals surface area contributed by atoms with Crippen molar-refractivity contribution in [3.8, 4) is 27.8 Å². The number of aliphatic hydroxyl groups is 1. The minimum absolute atomic E-state index is 0.0541. The minimum atomic E-state index is -0.961. The van der Waals surface area contributed by atoms with E-state index in [1.165, 1.54) is 37.6 Å². The lowest BCUT2D eigenvalue weighted by Crippen LogP contribution is -2.31. The van der Waals surface area contributed by atoms with Crippen molar-refractivity contribution in [1.29, 1.82) is 0 Å². The number of aryl methyl sites for hydroxylation is 1. The van der Waals surface area contributed by atoms with E-state index in [2.05, 4.69) is 9.97 Å². The van der Waals surface area contributed by atoms with E-state index >= 15 is 0 Å². The maximum absolute atomic E-state index is 14.2. The Balaban J connectivity index is 1.65. The van der Waals surface area contributed by atoms with Gasteiger partial charge in [0.15, 0.2) is 17.3 Å². The third-order valence-corrected chi connectivity index (χ3v) is 7.84. The van der Waals surface area contributed by atoms with Crippen LogP contribution < -0.4 is 14.2 Å². The van der Waals surface area contributed by atoms with Gasteiger partial charge in [-0.2, -0.15) is 0 Å². The van der Waals surface area contributed by atoms with Crippen molar-refractivity contribution in [1.82, 2.24) is 14.9 Å². The molecule has 204 valence electrons. The van der Waals surface area contributed by atoms with Crippen molar-refractivity contribution in [2.24, 2.45) is 0 Å². The largest absolute Gasteiger partial charge is 0.503 e. The van der Waals surface area contributed by atoms with Gasteiger partial charge in [-0.25, -0.2) is 4.98 Å². The van der Waals surface area contributed by atoms with Gasteiger partial charge in [-0.1, -0.05) is 36.4 Å². The Hall–Kier alpha value is -4.70. The summed E-state index contributed by atoms with van der Waals surface area (Å²) in [5.74, 6) is -0.722. The van der Waals surface area contributed by atoms with Crippen LogP contribution in [0.5, 0.6) is 17.2 Å². The fourth-order valence-electron chi connectivity index (χ4n) is 4.75. The molecule has 1 amide bonds. The second-order valence-corrected chi connectivity index (χ2v) is 10.0. The predicted molar refractivity (Wildman–Crippen MR) is 150 cm³/mol. The Bertz CT molecular complexity index is 1580. The maximum atomic E-state index is 14.2. The van der Waals surface area contributed by atoms with Crippen LogP contribution in [0.3, 0.4) is 0 Å². The van der Waals surface area contributed by atoms with Crippen molar-refractivity contribution in [2.75, 3.05) is 21.3 Å². The molecule has 5 rings (SSSR count). The van der Waals surface area contributed by atoms with Crippen molar-refractivity contribution in [3.63, 3.8) is 0 Å². The minimum Gasteiger partial charge on any atom is -0.503 e. The van der Waals surface area contributed by atoms with Crippen LogP contribution in [-0.2, 0) is 11.3 Å². The van der Waals surface area contributed by atoms with Gasteiger partial charge in [0.05, 0.1) is 55.8 Å². The molecule has 0 radical (unpaired) electrons. The first kappa shape index (κ1) is 26.9. The van der Waals surface area contributed by atoms with E-state index in [9.17, 15) is 14.7 Å². The number of hydrogen-bond donors (Lipinski definition) is 1. The molecule has 1 aliphatic rings. The van der Waals surface area contributed by atoms with E-state index < -0.39 is 23.5 Å². The van der Waals surface area contributed by atoms with E-state index in [4.69, 9.17) is 14.2 Å². The first-order valence-corrected chi connectivity index (χ1v) is 13.2. The van der Waals surface area contributed by atoms with Crippen molar-refractivity contribution < 1.29 is 28.9 Å². The van der Waals surface area contributed by atoms with Gasteiger partial charge in [0.1, 0.15) is 5.01 Å². The molecule has 2 aromatic heterocycles. The Morgan fingerprint density at radius 2 is 1.68 bits per heavy atom. The molecular weight excluding hydrogens is 530 g/mol. The number of rotatable bonds is 9. The summed E-state index contributed by atoms with van der Waals surface area (Å²) in [6.07, 6.45) is 1.62. The number of carbonyl (C=O) groups excluding carboxylic acids is 2. The molecule has 1 aliphatic heterocycles. The molecule has 0 aliphatic carbocycles. The Kier molecular flexibility index (Phi) is 7.52. The number of pyridine rings is 1. The molecule has 9 nitrogen and oxygen atoms in total. The van der Waals surface area contributed by atoms with Gasteiger partial charge < -0.3 is 24.2 Å². The number of methoxy groups -OCH3 is 3. The lowest BCUT2D eigenvalue weighted by molar-refractivity contribution is -0.130. The summed E-state index contributed by atoms with van der Waals surface area (Å²) in [6.45, 7) is 1.80.